The molecule has 0 aliphatic carbocycles. The van der Waals surface area contributed by atoms with E-state index < -0.39 is 24.5 Å². The Hall–Kier alpha value is -2.42. The number of hydrogen-bond donors (Lipinski definition) is 2. The number of hydrogen-bond acceptors (Lipinski definition) is 5. The summed E-state index contributed by atoms with van der Waals surface area (Å²) in [5.74, 6) is -1.28. The first-order chi connectivity index (χ1) is 11.4. The van der Waals surface area contributed by atoms with Crippen LogP contribution in [-0.2, 0) is 9.53 Å². The molecule has 0 amide bonds. The Morgan fingerprint density at radius 2 is 2.04 bits per heavy atom. The number of thiocarbonyl (C=S) groups is 1. The number of esters is 1. The quantitative estimate of drug-likeness (QED) is 0.617. The molecular weight excluding hydrogens is 342 g/mol. The number of methoxy groups -OCH3 is 2. The van der Waals surface area contributed by atoms with Crippen LogP contribution in [0.5, 0.6) is 11.5 Å². The van der Waals surface area contributed by atoms with Gasteiger partial charge in [-0.15, -0.1) is 0 Å². The Labute approximate surface area is 142 Å². The number of carbonyl (C=O) groups is 1. The number of ether oxygens (including phenoxy) is 3. The highest BCUT2D eigenvalue weighted by Gasteiger charge is 2.37. The lowest BCUT2D eigenvalue weighted by Crippen LogP contribution is -2.50. The topological polar surface area (TPSA) is 68.8 Å². The Balaban J connectivity index is 2.41. The molecule has 1 aromatic carbocycles. The summed E-state index contributed by atoms with van der Waals surface area (Å²) in [5, 5.41) is 6.02. The van der Waals surface area contributed by atoms with Gasteiger partial charge in [-0.25, -0.2) is 0 Å². The fraction of sp³-hybridized carbons (Fsp3) is 0.333. The summed E-state index contributed by atoms with van der Waals surface area (Å²) >= 11 is 5.09. The van der Waals surface area contributed by atoms with Gasteiger partial charge >= 0.3 is 12.6 Å². The number of benzene rings is 1. The van der Waals surface area contributed by atoms with Crippen molar-refractivity contribution in [3.8, 4) is 11.5 Å². The van der Waals surface area contributed by atoms with E-state index in [0.29, 0.717) is 11.3 Å². The molecule has 130 valence electrons. The number of alkyl halides is 2. The Morgan fingerprint density at radius 3 is 2.62 bits per heavy atom. The molecule has 0 saturated carbocycles. The van der Waals surface area contributed by atoms with Gasteiger partial charge in [0.25, 0.3) is 0 Å². The molecule has 24 heavy (non-hydrogen) atoms. The van der Waals surface area contributed by atoms with Crippen LogP contribution in [0.1, 0.15) is 11.6 Å². The molecule has 9 heteroatoms. The summed E-state index contributed by atoms with van der Waals surface area (Å²) in [6.07, 6.45) is 0. The third-order valence-corrected chi connectivity index (χ3v) is 3.71. The zero-order chi connectivity index (χ0) is 17.9. The van der Waals surface area contributed by atoms with E-state index in [4.69, 9.17) is 21.7 Å². The van der Waals surface area contributed by atoms with Crippen molar-refractivity contribution in [2.75, 3.05) is 14.2 Å². The van der Waals surface area contributed by atoms with Crippen molar-refractivity contribution < 1.29 is 27.8 Å². The summed E-state index contributed by atoms with van der Waals surface area (Å²) in [5.41, 5.74) is 0.955. The maximum absolute atomic E-state index is 12.4. The zero-order valence-electron chi connectivity index (χ0n) is 13.0. The lowest BCUT2D eigenvalue weighted by molar-refractivity contribution is -0.145. The minimum atomic E-state index is -2.98. The van der Waals surface area contributed by atoms with Crippen molar-refractivity contribution in [2.24, 2.45) is 5.92 Å². The first-order valence-corrected chi connectivity index (χ1v) is 7.25. The fourth-order valence-corrected chi connectivity index (χ4v) is 2.70. The van der Waals surface area contributed by atoms with Crippen LogP contribution in [0, 0.1) is 5.92 Å². The second-order valence-electron chi connectivity index (χ2n) is 4.89. The van der Waals surface area contributed by atoms with Crippen LogP contribution in [0.15, 0.2) is 30.5 Å². The molecule has 1 aliphatic heterocycles. The van der Waals surface area contributed by atoms with Crippen molar-refractivity contribution in [1.82, 2.24) is 10.6 Å². The van der Waals surface area contributed by atoms with Crippen molar-refractivity contribution in [3.63, 3.8) is 0 Å². The SMILES string of the molecule is C=C1NC(=S)N[C@@H](c2ccc(OC(F)F)c(OC)c2)[C@@H]1C(=O)OC. The molecular formula is C15H16F2N2O4S. The minimum absolute atomic E-state index is 0.105. The number of carbonyl (C=O) groups excluding carboxylic acids is 1. The average Bonchev–Trinajstić information content (AvgIpc) is 2.53. The van der Waals surface area contributed by atoms with E-state index in [-0.39, 0.29) is 16.6 Å². The van der Waals surface area contributed by atoms with Crippen LogP contribution < -0.4 is 20.1 Å². The predicted octanol–water partition coefficient (Wildman–Crippen LogP) is 2.12. The molecule has 1 aromatic rings. The van der Waals surface area contributed by atoms with Gasteiger partial charge in [-0.2, -0.15) is 8.78 Å². The third kappa shape index (κ3) is 3.73. The van der Waals surface area contributed by atoms with Gasteiger partial charge in [-0.05, 0) is 29.9 Å². The third-order valence-electron chi connectivity index (χ3n) is 3.49. The maximum Gasteiger partial charge on any atom is 0.387 e. The van der Waals surface area contributed by atoms with E-state index in [2.05, 4.69) is 21.9 Å². The first-order valence-electron chi connectivity index (χ1n) is 6.84. The lowest BCUT2D eigenvalue weighted by Gasteiger charge is -2.34. The van der Waals surface area contributed by atoms with E-state index in [1.165, 1.54) is 32.4 Å². The Bertz CT molecular complexity index is 669. The van der Waals surface area contributed by atoms with Crippen molar-refractivity contribution in [3.05, 3.63) is 36.0 Å². The van der Waals surface area contributed by atoms with Gasteiger partial charge in [-0.1, -0.05) is 12.6 Å². The number of halogens is 2. The molecule has 2 atom stereocenters. The second kappa shape index (κ2) is 7.43. The lowest BCUT2D eigenvalue weighted by atomic mass is 9.89. The highest BCUT2D eigenvalue weighted by Crippen LogP contribution is 2.36. The molecule has 0 unspecified atom stereocenters. The van der Waals surface area contributed by atoms with Gasteiger partial charge in [-0.3, -0.25) is 4.79 Å². The van der Waals surface area contributed by atoms with Gasteiger partial charge in [0.1, 0.15) is 5.92 Å². The summed E-state index contributed by atoms with van der Waals surface area (Å²) in [6, 6.07) is 3.78. The van der Waals surface area contributed by atoms with Crippen LogP contribution in [0.2, 0.25) is 0 Å². The van der Waals surface area contributed by atoms with Crippen molar-refractivity contribution in [2.45, 2.75) is 12.7 Å². The first kappa shape index (κ1) is 17.9. The van der Waals surface area contributed by atoms with E-state index in [1.54, 1.807) is 0 Å². The molecule has 0 aromatic heterocycles. The molecule has 1 fully saturated rings. The maximum atomic E-state index is 12.4. The summed E-state index contributed by atoms with van der Waals surface area (Å²) in [7, 11) is 2.59. The van der Waals surface area contributed by atoms with Crippen LogP contribution in [0.4, 0.5) is 8.78 Å². The van der Waals surface area contributed by atoms with Crippen LogP contribution >= 0.6 is 12.2 Å². The highest BCUT2D eigenvalue weighted by molar-refractivity contribution is 7.80. The molecule has 1 heterocycles. The minimum Gasteiger partial charge on any atom is -0.493 e. The number of nitrogens with one attached hydrogen (secondary N) is 2. The highest BCUT2D eigenvalue weighted by atomic mass is 32.1. The smallest absolute Gasteiger partial charge is 0.387 e. The van der Waals surface area contributed by atoms with Gasteiger partial charge < -0.3 is 24.8 Å². The summed E-state index contributed by atoms with van der Waals surface area (Å²) in [4.78, 5) is 12.1. The van der Waals surface area contributed by atoms with E-state index in [9.17, 15) is 13.6 Å². The fourth-order valence-electron chi connectivity index (χ4n) is 2.44. The largest absolute Gasteiger partial charge is 0.493 e. The normalized spacial score (nSPS) is 20.2. The Morgan fingerprint density at radius 1 is 1.33 bits per heavy atom. The molecule has 1 aliphatic rings. The predicted molar refractivity (Wildman–Crippen MR) is 85.9 cm³/mol. The van der Waals surface area contributed by atoms with Gasteiger partial charge in [0.2, 0.25) is 0 Å². The molecule has 2 N–H and O–H groups in total. The van der Waals surface area contributed by atoms with Crippen LogP contribution in [0.25, 0.3) is 0 Å². The van der Waals surface area contributed by atoms with Crippen molar-refractivity contribution in [1.29, 1.82) is 0 Å². The monoisotopic (exact) mass is 358 g/mol. The molecule has 0 bridgehead atoms. The molecule has 2 rings (SSSR count). The summed E-state index contributed by atoms with van der Waals surface area (Å²) in [6.45, 7) is 0.821. The van der Waals surface area contributed by atoms with Gasteiger partial charge in [0.05, 0.1) is 20.3 Å². The molecule has 1 saturated heterocycles. The average molecular weight is 358 g/mol. The van der Waals surface area contributed by atoms with Gasteiger partial charge in [0, 0.05) is 5.70 Å². The molecule has 6 nitrogen and oxygen atoms in total. The van der Waals surface area contributed by atoms with E-state index >= 15 is 0 Å². The summed E-state index contributed by atoms with van der Waals surface area (Å²) < 4.78 is 39.1. The standard InChI is InChI=1S/C15H16F2N2O4S/c1-7-11(13(20)22-3)12(19-15(24)18-7)8-4-5-9(23-14(16)17)10(6-8)21-2/h4-6,11-12,14H,1H2,2-3H3,(H2,18,19,24)/t11-,12+/m1/s1. The molecule has 0 radical (unpaired) electrons. The van der Waals surface area contributed by atoms with E-state index in [1.807, 2.05) is 0 Å². The van der Waals surface area contributed by atoms with E-state index in [0.717, 1.165) is 0 Å². The van der Waals surface area contributed by atoms with Gasteiger partial charge in [0.15, 0.2) is 16.6 Å². The second-order valence-corrected chi connectivity index (χ2v) is 5.30. The van der Waals surface area contributed by atoms with Crippen molar-refractivity contribution >= 4 is 23.3 Å². The Kier molecular flexibility index (Phi) is 5.55. The number of rotatable bonds is 5. The van der Waals surface area contributed by atoms with Crippen LogP contribution in [0.3, 0.4) is 0 Å². The molecule has 0 spiro atoms. The van der Waals surface area contributed by atoms with Crippen LogP contribution in [-0.4, -0.2) is 31.9 Å². The zero-order valence-corrected chi connectivity index (χ0v) is 13.8.